The van der Waals surface area contributed by atoms with Crippen LogP contribution in [0.25, 0.3) is 0 Å². The molecule has 0 radical (unpaired) electrons. The van der Waals surface area contributed by atoms with Gasteiger partial charge in [-0.1, -0.05) is 19.0 Å². The number of guanidine groups is 1. The zero-order valence-electron chi connectivity index (χ0n) is 11.8. The highest BCUT2D eigenvalue weighted by Crippen LogP contribution is 2.22. The van der Waals surface area contributed by atoms with Crippen molar-refractivity contribution in [3.8, 4) is 0 Å². The minimum atomic E-state index is 0.496. The normalized spacial score (nSPS) is 11.9. The maximum Gasteiger partial charge on any atom is 0.191 e. The third-order valence-corrected chi connectivity index (χ3v) is 2.98. The van der Waals surface area contributed by atoms with Crippen LogP contribution in [0.3, 0.4) is 0 Å². The van der Waals surface area contributed by atoms with Gasteiger partial charge in [0.1, 0.15) is 0 Å². The zero-order valence-corrected chi connectivity index (χ0v) is 11.8. The molecular formula is C13H24N4O. The number of rotatable bonds is 6. The molecule has 0 aliphatic carbocycles. The van der Waals surface area contributed by atoms with Gasteiger partial charge in [0.15, 0.2) is 11.7 Å². The van der Waals surface area contributed by atoms with Gasteiger partial charge in [-0.3, -0.25) is 4.99 Å². The molecule has 0 unspecified atom stereocenters. The summed E-state index contributed by atoms with van der Waals surface area (Å²) in [5.74, 6) is 2.12. The van der Waals surface area contributed by atoms with E-state index in [4.69, 9.17) is 4.52 Å². The Bertz CT molecular complexity index is 369. The summed E-state index contributed by atoms with van der Waals surface area (Å²) >= 11 is 0. The predicted octanol–water partition coefficient (Wildman–Crippen LogP) is 2.26. The molecule has 0 bridgehead atoms. The molecule has 5 nitrogen and oxygen atoms in total. The monoisotopic (exact) mass is 252 g/mol. The van der Waals surface area contributed by atoms with Crippen LogP contribution in [0, 0.1) is 0 Å². The average Bonchev–Trinajstić information content (AvgIpc) is 2.85. The van der Waals surface area contributed by atoms with Crippen LogP contribution in [0.2, 0.25) is 0 Å². The quantitative estimate of drug-likeness (QED) is 0.602. The van der Waals surface area contributed by atoms with Crippen LogP contribution in [0.5, 0.6) is 0 Å². The summed E-state index contributed by atoms with van der Waals surface area (Å²) in [7, 11) is 1.75. The summed E-state index contributed by atoms with van der Waals surface area (Å²) in [6, 6.07) is 2.03. The van der Waals surface area contributed by atoms with Gasteiger partial charge in [0.2, 0.25) is 0 Å². The van der Waals surface area contributed by atoms with E-state index in [1.807, 2.05) is 13.0 Å². The molecule has 0 saturated heterocycles. The standard InChI is InChI=1S/C13H24N4O/c1-5-10(6-2)12-8-11(18-17-12)9-16-13(14-4)15-7-3/h8,10H,5-7,9H2,1-4H3,(H2,14,15,16). The Labute approximate surface area is 109 Å². The molecule has 5 heteroatoms. The van der Waals surface area contributed by atoms with Gasteiger partial charge in [-0.2, -0.15) is 0 Å². The van der Waals surface area contributed by atoms with Gasteiger partial charge in [0, 0.05) is 25.6 Å². The van der Waals surface area contributed by atoms with E-state index < -0.39 is 0 Å². The maximum absolute atomic E-state index is 5.33. The van der Waals surface area contributed by atoms with E-state index in [0.717, 1.165) is 36.8 Å². The van der Waals surface area contributed by atoms with Gasteiger partial charge < -0.3 is 15.2 Å². The second kappa shape index (κ2) is 7.74. The van der Waals surface area contributed by atoms with Crippen LogP contribution in [0.4, 0.5) is 0 Å². The lowest BCUT2D eigenvalue weighted by atomic mass is 9.99. The van der Waals surface area contributed by atoms with Crippen molar-refractivity contribution in [2.24, 2.45) is 4.99 Å². The van der Waals surface area contributed by atoms with Gasteiger partial charge >= 0.3 is 0 Å². The number of aromatic nitrogens is 1. The molecule has 0 saturated carbocycles. The Morgan fingerprint density at radius 2 is 2.06 bits per heavy atom. The Morgan fingerprint density at radius 1 is 1.33 bits per heavy atom. The number of hydrogen-bond acceptors (Lipinski definition) is 3. The van der Waals surface area contributed by atoms with Crippen LogP contribution in [0.1, 0.15) is 51.0 Å². The third kappa shape index (κ3) is 4.05. The van der Waals surface area contributed by atoms with E-state index in [9.17, 15) is 0 Å². The Kier molecular flexibility index (Phi) is 6.25. The molecule has 0 spiro atoms. The van der Waals surface area contributed by atoms with Crippen molar-refractivity contribution in [3.63, 3.8) is 0 Å². The summed E-state index contributed by atoms with van der Waals surface area (Å²) in [6.45, 7) is 7.83. The average molecular weight is 252 g/mol. The van der Waals surface area contributed by atoms with E-state index in [1.54, 1.807) is 7.05 Å². The Morgan fingerprint density at radius 3 is 2.61 bits per heavy atom. The highest BCUT2D eigenvalue weighted by Gasteiger charge is 2.12. The molecule has 0 aliphatic rings. The van der Waals surface area contributed by atoms with E-state index in [2.05, 4.69) is 34.6 Å². The van der Waals surface area contributed by atoms with Crippen molar-refractivity contribution in [1.29, 1.82) is 0 Å². The molecular weight excluding hydrogens is 228 g/mol. The molecule has 1 rings (SSSR count). The summed E-state index contributed by atoms with van der Waals surface area (Å²) in [5.41, 5.74) is 1.05. The summed E-state index contributed by atoms with van der Waals surface area (Å²) in [4.78, 5) is 4.10. The highest BCUT2D eigenvalue weighted by atomic mass is 16.5. The van der Waals surface area contributed by atoms with Crippen LogP contribution >= 0.6 is 0 Å². The highest BCUT2D eigenvalue weighted by molar-refractivity contribution is 5.79. The summed E-state index contributed by atoms with van der Waals surface area (Å²) in [5, 5.41) is 10.4. The zero-order chi connectivity index (χ0) is 13.4. The van der Waals surface area contributed by atoms with Crippen LogP contribution < -0.4 is 10.6 Å². The van der Waals surface area contributed by atoms with Crippen molar-refractivity contribution >= 4 is 5.96 Å². The molecule has 0 aromatic carbocycles. The molecule has 0 amide bonds. The van der Waals surface area contributed by atoms with Gasteiger partial charge in [-0.25, -0.2) is 0 Å². The number of hydrogen-bond donors (Lipinski definition) is 2. The van der Waals surface area contributed by atoms with Crippen LogP contribution in [-0.4, -0.2) is 24.7 Å². The van der Waals surface area contributed by atoms with E-state index in [1.165, 1.54) is 0 Å². The SMILES string of the molecule is CCNC(=NC)NCc1cc(C(CC)CC)no1. The molecule has 0 aliphatic heterocycles. The fourth-order valence-electron chi connectivity index (χ4n) is 1.87. The van der Waals surface area contributed by atoms with Crippen molar-refractivity contribution < 1.29 is 4.52 Å². The first-order chi connectivity index (χ1) is 8.74. The van der Waals surface area contributed by atoms with Crippen LogP contribution in [0.15, 0.2) is 15.6 Å². The van der Waals surface area contributed by atoms with Crippen molar-refractivity contribution in [1.82, 2.24) is 15.8 Å². The minimum absolute atomic E-state index is 0.496. The lowest BCUT2D eigenvalue weighted by Gasteiger charge is -2.08. The molecule has 1 heterocycles. The summed E-state index contributed by atoms with van der Waals surface area (Å²) < 4.78 is 5.33. The fraction of sp³-hybridized carbons (Fsp3) is 0.692. The van der Waals surface area contributed by atoms with E-state index in [0.29, 0.717) is 12.5 Å². The first kappa shape index (κ1) is 14.5. The largest absolute Gasteiger partial charge is 0.359 e. The number of nitrogens with zero attached hydrogens (tertiary/aromatic N) is 2. The topological polar surface area (TPSA) is 62.5 Å². The molecule has 18 heavy (non-hydrogen) atoms. The van der Waals surface area contributed by atoms with Crippen molar-refractivity contribution in [2.75, 3.05) is 13.6 Å². The van der Waals surface area contributed by atoms with E-state index in [-0.39, 0.29) is 0 Å². The second-order valence-corrected chi connectivity index (χ2v) is 4.19. The molecule has 1 aromatic rings. The lowest BCUT2D eigenvalue weighted by Crippen LogP contribution is -2.36. The van der Waals surface area contributed by atoms with Crippen LogP contribution in [-0.2, 0) is 6.54 Å². The molecule has 2 N–H and O–H groups in total. The fourth-order valence-corrected chi connectivity index (χ4v) is 1.87. The first-order valence-corrected chi connectivity index (χ1v) is 6.65. The smallest absolute Gasteiger partial charge is 0.191 e. The minimum Gasteiger partial charge on any atom is -0.359 e. The lowest BCUT2D eigenvalue weighted by molar-refractivity contribution is 0.368. The number of nitrogens with one attached hydrogen (secondary N) is 2. The van der Waals surface area contributed by atoms with Gasteiger partial charge in [-0.15, -0.1) is 0 Å². The Balaban J connectivity index is 2.53. The second-order valence-electron chi connectivity index (χ2n) is 4.19. The van der Waals surface area contributed by atoms with Crippen molar-refractivity contribution in [2.45, 2.75) is 46.1 Å². The third-order valence-electron chi connectivity index (χ3n) is 2.98. The first-order valence-electron chi connectivity index (χ1n) is 6.65. The van der Waals surface area contributed by atoms with Crippen molar-refractivity contribution in [3.05, 3.63) is 17.5 Å². The molecule has 1 aromatic heterocycles. The van der Waals surface area contributed by atoms with Gasteiger partial charge in [0.25, 0.3) is 0 Å². The van der Waals surface area contributed by atoms with E-state index >= 15 is 0 Å². The number of aliphatic imine (C=N–C) groups is 1. The predicted molar refractivity (Wildman–Crippen MR) is 73.7 cm³/mol. The van der Waals surface area contributed by atoms with Gasteiger partial charge in [-0.05, 0) is 19.8 Å². The summed E-state index contributed by atoms with van der Waals surface area (Å²) in [6.07, 6.45) is 2.18. The van der Waals surface area contributed by atoms with Gasteiger partial charge in [0.05, 0.1) is 12.2 Å². The molecule has 0 atom stereocenters. The molecule has 0 fully saturated rings. The Hall–Kier alpha value is -1.52. The maximum atomic E-state index is 5.33. The molecule has 102 valence electrons.